The summed E-state index contributed by atoms with van der Waals surface area (Å²) < 4.78 is 53.5. The fourth-order valence-corrected chi connectivity index (χ4v) is 5.17. The van der Waals surface area contributed by atoms with E-state index in [1.54, 1.807) is 18.2 Å². The molecule has 0 aromatic heterocycles. The van der Waals surface area contributed by atoms with Crippen molar-refractivity contribution in [3.63, 3.8) is 0 Å². The van der Waals surface area contributed by atoms with Gasteiger partial charge in [-0.3, -0.25) is 4.79 Å². The lowest BCUT2D eigenvalue weighted by atomic mass is 9.78. The second-order valence-electron chi connectivity index (χ2n) is 9.44. The molecule has 0 saturated heterocycles. The Morgan fingerprint density at radius 3 is 2.44 bits per heavy atom. The SMILES string of the molecule is CCN(CC)CCNC(=O)C1=C(C(=O)OC)C2(C(Cc3cccc(F)c3)Nc3cc(F)cc(F)c3)C=CC1O2. The van der Waals surface area contributed by atoms with Gasteiger partial charge in [0.25, 0.3) is 5.91 Å². The molecule has 2 aliphatic heterocycles. The molecule has 2 aromatic carbocycles. The van der Waals surface area contributed by atoms with Crippen molar-refractivity contribution < 1.29 is 32.2 Å². The van der Waals surface area contributed by atoms with E-state index in [-0.39, 0.29) is 23.3 Å². The van der Waals surface area contributed by atoms with E-state index in [1.165, 1.54) is 25.3 Å². The third-order valence-electron chi connectivity index (χ3n) is 7.08. The maximum Gasteiger partial charge on any atom is 0.337 e. The molecule has 2 aliphatic rings. The summed E-state index contributed by atoms with van der Waals surface area (Å²) in [6.45, 7) is 6.69. The highest BCUT2D eigenvalue weighted by atomic mass is 19.1. The van der Waals surface area contributed by atoms with E-state index >= 15 is 0 Å². The summed E-state index contributed by atoms with van der Waals surface area (Å²) in [6.07, 6.45) is 2.56. The molecular formula is C29H32F3N3O4. The van der Waals surface area contributed by atoms with E-state index in [9.17, 15) is 22.8 Å². The van der Waals surface area contributed by atoms with Gasteiger partial charge in [-0.25, -0.2) is 18.0 Å². The molecule has 0 spiro atoms. The fourth-order valence-electron chi connectivity index (χ4n) is 5.17. The Hall–Kier alpha value is -3.63. The number of likely N-dealkylation sites (N-methyl/N-ethyl adjacent to an activating group) is 1. The molecule has 3 unspecified atom stereocenters. The number of carbonyl (C=O) groups is 2. The number of halogens is 3. The highest BCUT2D eigenvalue weighted by molar-refractivity contribution is 6.07. The molecule has 2 aromatic rings. The van der Waals surface area contributed by atoms with Crippen LogP contribution < -0.4 is 10.6 Å². The lowest BCUT2D eigenvalue weighted by Crippen LogP contribution is -2.49. The van der Waals surface area contributed by atoms with E-state index < -0.39 is 47.1 Å². The summed E-state index contributed by atoms with van der Waals surface area (Å²) >= 11 is 0. The minimum Gasteiger partial charge on any atom is -0.466 e. The average molecular weight is 544 g/mol. The summed E-state index contributed by atoms with van der Waals surface area (Å²) in [5, 5.41) is 5.94. The Bertz CT molecular complexity index is 1270. The second-order valence-corrected chi connectivity index (χ2v) is 9.44. The first-order chi connectivity index (χ1) is 18.7. The van der Waals surface area contributed by atoms with Gasteiger partial charge in [-0.2, -0.15) is 0 Å². The minimum atomic E-state index is -1.53. The van der Waals surface area contributed by atoms with Gasteiger partial charge in [-0.05, 0) is 55.4 Å². The normalized spacial score (nSPS) is 20.4. The third kappa shape index (κ3) is 6.02. The van der Waals surface area contributed by atoms with Crippen LogP contribution in [0.4, 0.5) is 18.9 Å². The lowest BCUT2D eigenvalue weighted by Gasteiger charge is -2.36. The van der Waals surface area contributed by atoms with Crippen molar-refractivity contribution >= 4 is 17.6 Å². The molecule has 3 atom stereocenters. The molecule has 39 heavy (non-hydrogen) atoms. The van der Waals surface area contributed by atoms with Gasteiger partial charge in [-0.1, -0.05) is 32.1 Å². The quantitative estimate of drug-likeness (QED) is 0.314. The van der Waals surface area contributed by atoms with Crippen LogP contribution in [0.15, 0.2) is 65.8 Å². The molecule has 1 amide bonds. The van der Waals surface area contributed by atoms with E-state index in [0.29, 0.717) is 18.7 Å². The summed E-state index contributed by atoms with van der Waals surface area (Å²) in [4.78, 5) is 28.7. The van der Waals surface area contributed by atoms with Crippen molar-refractivity contribution in [3.05, 3.63) is 88.8 Å². The van der Waals surface area contributed by atoms with Crippen LogP contribution in [0.1, 0.15) is 19.4 Å². The summed E-state index contributed by atoms with van der Waals surface area (Å²) in [5.41, 5.74) is -0.798. The van der Waals surface area contributed by atoms with Gasteiger partial charge in [0.1, 0.15) is 29.2 Å². The Morgan fingerprint density at radius 1 is 1.08 bits per heavy atom. The van der Waals surface area contributed by atoms with E-state index in [2.05, 4.69) is 15.5 Å². The Balaban J connectivity index is 1.73. The van der Waals surface area contributed by atoms with Crippen LogP contribution in [0.3, 0.4) is 0 Å². The highest BCUT2D eigenvalue weighted by Gasteiger charge is 2.58. The van der Waals surface area contributed by atoms with E-state index in [0.717, 1.165) is 31.3 Å². The first kappa shape index (κ1) is 28.4. The van der Waals surface area contributed by atoms with Gasteiger partial charge in [0.05, 0.1) is 24.3 Å². The zero-order chi connectivity index (χ0) is 28.2. The number of nitrogens with one attached hydrogen (secondary N) is 2. The number of hydrogen-bond donors (Lipinski definition) is 2. The van der Waals surface area contributed by atoms with Crippen LogP contribution in [0.25, 0.3) is 0 Å². The van der Waals surface area contributed by atoms with E-state index in [1.807, 2.05) is 13.8 Å². The molecule has 7 nitrogen and oxygen atoms in total. The van der Waals surface area contributed by atoms with Crippen LogP contribution in [0, 0.1) is 17.5 Å². The molecule has 0 fully saturated rings. The second kappa shape index (κ2) is 12.0. The summed E-state index contributed by atoms with van der Waals surface area (Å²) in [7, 11) is 1.20. The topological polar surface area (TPSA) is 79.9 Å². The first-order valence-electron chi connectivity index (χ1n) is 12.9. The number of methoxy groups -OCH3 is 1. The van der Waals surface area contributed by atoms with Crippen molar-refractivity contribution in [2.45, 2.75) is 38.0 Å². The number of ether oxygens (including phenoxy) is 2. The number of rotatable bonds is 12. The standard InChI is InChI=1S/C29H32F3N3O4/c1-4-35(5-2)12-11-33-27(36)25-23-9-10-29(39-23,26(25)28(37)38-3)24(14-18-7-6-8-19(30)13-18)34-22-16-20(31)15-21(32)17-22/h6-10,13,15-17,23-24,34H,4-5,11-12,14H2,1-3H3,(H,33,36). The summed E-state index contributed by atoms with van der Waals surface area (Å²) in [5.74, 6) is -3.32. The molecule has 0 saturated carbocycles. The van der Waals surface area contributed by atoms with Gasteiger partial charge < -0.3 is 25.0 Å². The number of hydrogen-bond acceptors (Lipinski definition) is 6. The third-order valence-corrected chi connectivity index (χ3v) is 7.08. The van der Waals surface area contributed by atoms with Gasteiger partial charge in [0.2, 0.25) is 0 Å². The molecule has 2 N–H and O–H groups in total. The number of esters is 1. The van der Waals surface area contributed by atoms with Crippen molar-refractivity contribution in [3.8, 4) is 0 Å². The van der Waals surface area contributed by atoms with Crippen molar-refractivity contribution in [1.29, 1.82) is 0 Å². The number of nitrogens with zero attached hydrogens (tertiary/aromatic N) is 1. The maximum atomic E-state index is 14.1. The molecule has 0 aliphatic carbocycles. The van der Waals surface area contributed by atoms with E-state index in [4.69, 9.17) is 9.47 Å². The highest BCUT2D eigenvalue weighted by Crippen LogP contribution is 2.47. The number of fused-ring (bicyclic) bond motifs is 2. The maximum absolute atomic E-state index is 14.1. The average Bonchev–Trinajstić information content (AvgIpc) is 3.48. The molecule has 4 rings (SSSR count). The molecule has 10 heteroatoms. The van der Waals surface area contributed by atoms with Crippen LogP contribution in [-0.4, -0.2) is 67.8 Å². The minimum absolute atomic E-state index is 0.0105. The molecule has 208 valence electrons. The molecule has 0 radical (unpaired) electrons. The van der Waals surface area contributed by atoms with Gasteiger partial charge in [-0.15, -0.1) is 0 Å². The smallest absolute Gasteiger partial charge is 0.337 e. The number of carbonyl (C=O) groups excluding carboxylic acids is 2. The zero-order valence-electron chi connectivity index (χ0n) is 22.1. The lowest BCUT2D eigenvalue weighted by molar-refractivity contribution is -0.138. The Labute approximate surface area is 225 Å². The number of anilines is 1. The van der Waals surface area contributed by atoms with Crippen LogP contribution in [0.5, 0.6) is 0 Å². The Morgan fingerprint density at radius 2 is 1.79 bits per heavy atom. The van der Waals surface area contributed by atoms with Crippen molar-refractivity contribution in [1.82, 2.24) is 10.2 Å². The van der Waals surface area contributed by atoms with Gasteiger partial charge in [0.15, 0.2) is 0 Å². The Kier molecular flexibility index (Phi) is 8.76. The molecule has 2 heterocycles. The summed E-state index contributed by atoms with van der Waals surface area (Å²) in [6, 6.07) is 7.91. The molecule has 2 bridgehead atoms. The fraction of sp³-hybridized carbons (Fsp3) is 0.379. The van der Waals surface area contributed by atoms with Gasteiger partial charge in [0, 0.05) is 24.8 Å². The predicted octanol–water partition coefficient (Wildman–Crippen LogP) is 3.76. The van der Waals surface area contributed by atoms with Crippen LogP contribution in [0.2, 0.25) is 0 Å². The number of amides is 1. The molecular weight excluding hydrogens is 511 g/mol. The first-order valence-corrected chi connectivity index (χ1v) is 12.9. The van der Waals surface area contributed by atoms with Crippen LogP contribution >= 0.6 is 0 Å². The van der Waals surface area contributed by atoms with Gasteiger partial charge >= 0.3 is 5.97 Å². The zero-order valence-corrected chi connectivity index (χ0v) is 22.1. The largest absolute Gasteiger partial charge is 0.466 e. The monoisotopic (exact) mass is 543 g/mol. The van der Waals surface area contributed by atoms with Crippen molar-refractivity contribution in [2.24, 2.45) is 0 Å². The predicted molar refractivity (Wildman–Crippen MR) is 140 cm³/mol. The number of benzene rings is 2. The van der Waals surface area contributed by atoms with Crippen LogP contribution in [-0.2, 0) is 25.5 Å². The van der Waals surface area contributed by atoms with Crippen molar-refractivity contribution in [2.75, 3.05) is 38.6 Å².